The second-order valence-electron chi connectivity index (χ2n) is 7.58. The molecule has 1 N–H and O–H groups in total. The smallest absolute Gasteiger partial charge is 0.165 e. The summed E-state index contributed by atoms with van der Waals surface area (Å²) in [4.78, 5) is 0. The number of hydrogen-bond acceptors (Lipinski definition) is 3. The van der Waals surface area contributed by atoms with E-state index < -0.39 is 0 Å². The van der Waals surface area contributed by atoms with Gasteiger partial charge in [-0.2, -0.15) is 0 Å². The lowest BCUT2D eigenvalue weighted by molar-refractivity contribution is 0.267. The summed E-state index contributed by atoms with van der Waals surface area (Å²) in [5, 5.41) is 3.49. The molecular formula is C27H30FNO2. The Hall–Kier alpha value is -3.27. The van der Waals surface area contributed by atoms with Crippen molar-refractivity contribution in [2.24, 2.45) is 0 Å². The molecule has 0 heterocycles. The average Bonchev–Trinajstić information content (AvgIpc) is 2.75. The molecule has 0 aliphatic rings. The van der Waals surface area contributed by atoms with Crippen molar-refractivity contribution >= 4 is 5.69 Å². The predicted molar refractivity (Wildman–Crippen MR) is 125 cm³/mol. The largest absolute Gasteiger partial charge is 0.490 e. The lowest BCUT2D eigenvalue weighted by Gasteiger charge is -2.18. The van der Waals surface area contributed by atoms with E-state index in [0.29, 0.717) is 37.7 Å². The fourth-order valence-corrected chi connectivity index (χ4v) is 3.35. The monoisotopic (exact) mass is 419 g/mol. The predicted octanol–water partition coefficient (Wildman–Crippen LogP) is 6.76. The lowest BCUT2D eigenvalue weighted by atomic mass is 10.0. The van der Waals surface area contributed by atoms with Crippen molar-refractivity contribution in [2.45, 2.75) is 40.3 Å². The van der Waals surface area contributed by atoms with Gasteiger partial charge in [-0.15, -0.1) is 6.58 Å². The highest BCUT2D eigenvalue weighted by atomic mass is 19.1. The minimum atomic E-state index is -0.258. The summed E-state index contributed by atoms with van der Waals surface area (Å²) in [6.45, 7) is 11.6. The van der Waals surface area contributed by atoms with Crippen LogP contribution in [-0.4, -0.2) is 6.61 Å². The van der Waals surface area contributed by atoms with Crippen LogP contribution in [0.5, 0.6) is 11.5 Å². The molecule has 0 amide bonds. The van der Waals surface area contributed by atoms with Gasteiger partial charge in [-0.3, -0.25) is 0 Å². The molecule has 4 heteroatoms. The Labute approximate surface area is 184 Å². The van der Waals surface area contributed by atoms with E-state index in [0.717, 1.165) is 22.4 Å². The van der Waals surface area contributed by atoms with Crippen LogP contribution in [0.4, 0.5) is 10.1 Å². The number of ether oxygens (including phenoxy) is 2. The van der Waals surface area contributed by atoms with Gasteiger partial charge < -0.3 is 14.8 Å². The minimum absolute atomic E-state index is 0.258. The Kier molecular flexibility index (Phi) is 7.71. The third kappa shape index (κ3) is 6.11. The van der Waals surface area contributed by atoms with Crippen LogP contribution in [0.15, 0.2) is 67.3 Å². The Bertz CT molecular complexity index is 1030. The zero-order valence-electron chi connectivity index (χ0n) is 18.5. The molecule has 0 fully saturated rings. The van der Waals surface area contributed by atoms with Crippen molar-refractivity contribution in [1.29, 1.82) is 0 Å². The summed E-state index contributed by atoms with van der Waals surface area (Å²) in [5.41, 5.74) is 6.64. The summed E-state index contributed by atoms with van der Waals surface area (Å²) >= 11 is 0. The van der Waals surface area contributed by atoms with Crippen LogP contribution in [0.1, 0.15) is 34.7 Å². The van der Waals surface area contributed by atoms with Crippen LogP contribution >= 0.6 is 0 Å². The zero-order valence-corrected chi connectivity index (χ0v) is 18.5. The Morgan fingerprint density at radius 3 is 2.39 bits per heavy atom. The van der Waals surface area contributed by atoms with Crippen molar-refractivity contribution in [3.8, 4) is 11.5 Å². The number of halogens is 1. The normalized spacial score (nSPS) is 10.6. The van der Waals surface area contributed by atoms with Gasteiger partial charge in [0.2, 0.25) is 0 Å². The molecule has 3 aromatic carbocycles. The maximum absolute atomic E-state index is 13.2. The number of hydrogen-bond donors (Lipinski definition) is 1. The highest BCUT2D eigenvalue weighted by Gasteiger charge is 2.14. The first-order chi connectivity index (χ1) is 15.0. The van der Waals surface area contributed by atoms with Crippen molar-refractivity contribution in [3.63, 3.8) is 0 Å². The Balaban J connectivity index is 1.82. The van der Waals surface area contributed by atoms with E-state index in [1.54, 1.807) is 12.1 Å². The van der Waals surface area contributed by atoms with E-state index in [2.05, 4.69) is 50.0 Å². The average molecular weight is 420 g/mol. The molecule has 0 aliphatic carbocycles. The van der Waals surface area contributed by atoms with Crippen molar-refractivity contribution in [2.75, 3.05) is 11.9 Å². The molecule has 162 valence electrons. The van der Waals surface area contributed by atoms with Gasteiger partial charge in [0.1, 0.15) is 12.4 Å². The maximum atomic E-state index is 13.2. The molecule has 0 aromatic heterocycles. The molecule has 31 heavy (non-hydrogen) atoms. The summed E-state index contributed by atoms with van der Waals surface area (Å²) in [5.74, 6) is 1.16. The van der Waals surface area contributed by atoms with Gasteiger partial charge in [0.25, 0.3) is 0 Å². The van der Waals surface area contributed by atoms with E-state index in [1.165, 1.54) is 23.3 Å². The number of benzene rings is 3. The maximum Gasteiger partial charge on any atom is 0.165 e. The molecule has 0 spiro atoms. The van der Waals surface area contributed by atoms with Crippen LogP contribution in [-0.2, 0) is 19.6 Å². The van der Waals surface area contributed by atoms with E-state index in [9.17, 15) is 4.39 Å². The van der Waals surface area contributed by atoms with Crippen molar-refractivity contribution in [1.82, 2.24) is 0 Å². The minimum Gasteiger partial charge on any atom is -0.490 e. The van der Waals surface area contributed by atoms with Crippen LogP contribution < -0.4 is 14.8 Å². The molecule has 0 radical (unpaired) electrons. The lowest BCUT2D eigenvalue weighted by Crippen LogP contribution is -2.06. The van der Waals surface area contributed by atoms with Gasteiger partial charge in [-0.1, -0.05) is 24.3 Å². The van der Waals surface area contributed by atoms with Gasteiger partial charge in [-0.05, 0) is 85.8 Å². The summed E-state index contributed by atoms with van der Waals surface area (Å²) in [6.07, 6.45) is 2.52. The second-order valence-corrected chi connectivity index (χ2v) is 7.58. The number of allylic oxidation sites excluding steroid dienone is 1. The summed E-state index contributed by atoms with van der Waals surface area (Å²) in [6, 6.07) is 16.8. The zero-order chi connectivity index (χ0) is 22.2. The molecule has 3 nitrogen and oxygen atoms in total. The SMILES string of the molecule is C=CCc1cc(CNc2ccc(C)c(C)c2)cc(OCC)c1OCc1ccc(F)cc1. The summed E-state index contributed by atoms with van der Waals surface area (Å²) < 4.78 is 25.2. The van der Waals surface area contributed by atoms with Crippen molar-refractivity contribution < 1.29 is 13.9 Å². The quantitative estimate of drug-likeness (QED) is 0.368. The van der Waals surface area contributed by atoms with Crippen LogP contribution in [0.2, 0.25) is 0 Å². The number of rotatable bonds is 10. The van der Waals surface area contributed by atoms with E-state index in [-0.39, 0.29) is 5.82 Å². The molecule has 0 unspecified atom stereocenters. The second kappa shape index (κ2) is 10.7. The molecule has 0 atom stereocenters. The fourth-order valence-electron chi connectivity index (χ4n) is 3.35. The molecular weight excluding hydrogens is 389 g/mol. The number of anilines is 1. The third-order valence-corrected chi connectivity index (χ3v) is 5.16. The highest BCUT2D eigenvalue weighted by Crippen LogP contribution is 2.35. The van der Waals surface area contributed by atoms with E-state index in [4.69, 9.17) is 9.47 Å². The van der Waals surface area contributed by atoms with Gasteiger partial charge in [0.15, 0.2) is 11.5 Å². The first-order valence-electron chi connectivity index (χ1n) is 10.6. The van der Waals surface area contributed by atoms with Crippen molar-refractivity contribution in [3.05, 3.63) is 101 Å². The molecule has 0 bridgehead atoms. The third-order valence-electron chi connectivity index (χ3n) is 5.16. The highest BCUT2D eigenvalue weighted by molar-refractivity contribution is 5.53. The van der Waals surface area contributed by atoms with Crippen LogP contribution in [0.3, 0.4) is 0 Å². The van der Waals surface area contributed by atoms with E-state index >= 15 is 0 Å². The first kappa shape index (κ1) is 22.4. The first-order valence-corrected chi connectivity index (χ1v) is 10.6. The van der Waals surface area contributed by atoms with E-state index in [1.807, 2.05) is 19.1 Å². The topological polar surface area (TPSA) is 30.5 Å². The standard InChI is InChI=1S/C27H30FNO2/c1-5-7-23-15-22(17-29-25-13-8-19(3)20(4)14-25)16-26(30-6-2)27(23)31-18-21-9-11-24(28)12-10-21/h5,8-16,29H,1,6-7,17-18H2,2-4H3. The number of aryl methyl sites for hydroxylation is 2. The van der Waals surface area contributed by atoms with Crippen LogP contribution in [0.25, 0.3) is 0 Å². The summed E-state index contributed by atoms with van der Waals surface area (Å²) in [7, 11) is 0. The molecule has 0 saturated carbocycles. The Morgan fingerprint density at radius 1 is 0.935 bits per heavy atom. The molecule has 0 aliphatic heterocycles. The molecule has 0 saturated heterocycles. The molecule has 3 aromatic rings. The van der Waals surface area contributed by atoms with Gasteiger partial charge >= 0.3 is 0 Å². The number of nitrogens with one attached hydrogen (secondary N) is 1. The fraction of sp³-hybridized carbons (Fsp3) is 0.259. The van der Waals surface area contributed by atoms with Gasteiger partial charge in [0.05, 0.1) is 6.61 Å². The Morgan fingerprint density at radius 2 is 1.71 bits per heavy atom. The van der Waals surface area contributed by atoms with Gasteiger partial charge in [0, 0.05) is 17.8 Å². The molecule has 3 rings (SSSR count). The van der Waals surface area contributed by atoms with Gasteiger partial charge in [-0.25, -0.2) is 4.39 Å². The van der Waals surface area contributed by atoms with Crippen LogP contribution in [0, 0.1) is 19.7 Å².